The highest BCUT2D eigenvalue weighted by Gasteiger charge is 2.21. The molecule has 0 N–H and O–H groups in total. The highest BCUT2D eigenvalue weighted by atomic mass is 15.1. The lowest BCUT2D eigenvalue weighted by Gasteiger charge is -2.09. The number of imidazole rings is 1. The van der Waals surface area contributed by atoms with Crippen molar-refractivity contribution in [3.05, 3.63) is 121 Å². The number of benzene rings is 5. The Morgan fingerprint density at radius 1 is 0.469 bits per heavy atom. The van der Waals surface area contributed by atoms with Crippen LogP contribution in [0.1, 0.15) is 0 Å². The SMILES string of the molecule is c1ccc(-n2c3ccccc3n3c4ccccc4c(-c4ccc5ccccc5c4)c23)cc1. The monoisotopic (exact) mass is 408 g/mol. The Bertz CT molecular complexity index is 1770. The highest BCUT2D eigenvalue weighted by Crippen LogP contribution is 2.41. The molecule has 0 aliphatic rings. The molecule has 5 aromatic carbocycles. The summed E-state index contributed by atoms with van der Waals surface area (Å²) in [7, 11) is 0. The Hall–Kier alpha value is -4.30. The Kier molecular flexibility index (Phi) is 3.58. The molecular weight excluding hydrogens is 388 g/mol. The van der Waals surface area contributed by atoms with E-state index in [0.717, 1.165) is 0 Å². The van der Waals surface area contributed by atoms with Gasteiger partial charge in [-0.2, -0.15) is 0 Å². The van der Waals surface area contributed by atoms with Gasteiger partial charge >= 0.3 is 0 Å². The van der Waals surface area contributed by atoms with E-state index < -0.39 is 0 Å². The summed E-state index contributed by atoms with van der Waals surface area (Å²) in [4.78, 5) is 0. The van der Waals surface area contributed by atoms with Gasteiger partial charge in [-0.15, -0.1) is 0 Å². The molecule has 2 heterocycles. The van der Waals surface area contributed by atoms with E-state index in [0.29, 0.717) is 0 Å². The second kappa shape index (κ2) is 6.60. The summed E-state index contributed by atoms with van der Waals surface area (Å²) >= 11 is 0. The fourth-order valence-electron chi connectivity index (χ4n) is 5.11. The first-order valence-electron chi connectivity index (χ1n) is 11.0. The lowest BCUT2D eigenvalue weighted by Crippen LogP contribution is -1.94. The molecule has 0 bridgehead atoms. The van der Waals surface area contributed by atoms with Crippen molar-refractivity contribution in [2.24, 2.45) is 0 Å². The minimum Gasteiger partial charge on any atom is -0.293 e. The van der Waals surface area contributed by atoms with Crippen molar-refractivity contribution in [3.8, 4) is 16.8 Å². The van der Waals surface area contributed by atoms with Gasteiger partial charge in [-0.3, -0.25) is 8.97 Å². The van der Waals surface area contributed by atoms with Crippen LogP contribution in [0.4, 0.5) is 0 Å². The van der Waals surface area contributed by atoms with Crippen LogP contribution in [0.2, 0.25) is 0 Å². The largest absolute Gasteiger partial charge is 0.293 e. The van der Waals surface area contributed by atoms with Crippen molar-refractivity contribution in [2.75, 3.05) is 0 Å². The number of aromatic nitrogens is 2. The maximum Gasteiger partial charge on any atom is 0.131 e. The van der Waals surface area contributed by atoms with E-state index in [4.69, 9.17) is 0 Å². The molecule has 0 radical (unpaired) electrons. The van der Waals surface area contributed by atoms with Crippen LogP contribution in [-0.2, 0) is 0 Å². The maximum absolute atomic E-state index is 2.42. The second-order valence-corrected chi connectivity index (χ2v) is 8.27. The molecule has 7 rings (SSSR count). The van der Waals surface area contributed by atoms with Gasteiger partial charge in [0.25, 0.3) is 0 Å². The summed E-state index contributed by atoms with van der Waals surface area (Å²) < 4.78 is 4.82. The summed E-state index contributed by atoms with van der Waals surface area (Å²) in [6, 6.07) is 43.5. The molecule has 0 atom stereocenters. The molecule has 0 saturated heterocycles. The summed E-state index contributed by atoms with van der Waals surface area (Å²) in [6.45, 7) is 0. The fraction of sp³-hybridized carbons (Fsp3) is 0. The number of hydrogen-bond acceptors (Lipinski definition) is 0. The van der Waals surface area contributed by atoms with Crippen LogP contribution < -0.4 is 0 Å². The molecule has 0 amide bonds. The van der Waals surface area contributed by atoms with E-state index in [1.54, 1.807) is 0 Å². The van der Waals surface area contributed by atoms with Crippen molar-refractivity contribution in [2.45, 2.75) is 0 Å². The van der Waals surface area contributed by atoms with E-state index >= 15 is 0 Å². The number of para-hydroxylation sites is 4. The molecule has 32 heavy (non-hydrogen) atoms. The first-order valence-corrected chi connectivity index (χ1v) is 11.0. The van der Waals surface area contributed by atoms with E-state index in [-0.39, 0.29) is 0 Å². The fourth-order valence-corrected chi connectivity index (χ4v) is 5.11. The van der Waals surface area contributed by atoms with Crippen LogP contribution in [0.5, 0.6) is 0 Å². The molecule has 7 aromatic rings. The topological polar surface area (TPSA) is 9.34 Å². The first kappa shape index (κ1) is 17.4. The molecule has 2 aromatic heterocycles. The zero-order valence-corrected chi connectivity index (χ0v) is 17.4. The number of rotatable bonds is 2. The Morgan fingerprint density at radius 2 is 1.12 bits per heavy atom. The van der Waals surface area contributed by atoms with Gasteiger partial charge in [0.1, 0.15) is 5.65 Å². The summed E-state index contributed by atoms with van der Waals surface area (Å²) in [5.41, 5.74) is 8.54. The smallest absolute Gasteiger partial charge is 0.131 e. The molecule has 2 heteroatoms. The van der Waals surface area contributed by atoms with Crippen LogP contribution in [0, 0.1) is 0 Å². The molecule has 0 spiro atoms. The van der Waals surface area contributed by atoms with Gasteiger partial charge in [0.15, 0.2) is 0 Å². The van der Waals surface area contributed by atoms with Gasteiger partial charge in [-0.05, 0) is 52.7 Å². The van der Waals surface area contributed by atoms with E-state index in [9.17, 15) is 0 Å². The van der Waals surface area contributed by atoms with Crippen molar-refractivity contribution in [1.82, 2.24) is 8.97 Å². The van der Waals surface area contributed by atoms with Crippen LogP contribution in [0.15, 0.2) is 121 Å². The van der Waals surface area contributed by atoms with E-state index in [2.05, 4.69) is 130 Å². The molecule has 0 saturated carbocycles. The van der Waals surface area contributed by atoms with Gasteiger partial charge in [0.05, 0.1) is 16.6 Å². The maximum atomic E-state index is 2.42. The summed E-state index contributed by atoms with van der Waals surface area (Å²) in [6.07, 6.45) is 0. The Balaban J connectivity index is 1.72. The molecular formula is C30H20N2. The van der Waals surface area contributed by atoms with Gasteiger partial charge in [-0.1, -0.05) is 84.9 Å². The van der Waals surface area contributed by atoms with Gasteiger partial charge in [0.2, 0.25) is 0 Å². The van der Waals surface area contributed by atoms with Crippen molar-refractivity contribution < 1.29 is 0 Å². The average Bonchev–Trinajstić information content (AvgIpc) is 3.37. The summed E-state index contributed by atoms with van der Waals surface area (Å²) in [5.74, 6) is 0. The Labute approximate surface area is 185 Å². The van der Waals surface area contributed by atoms with Crippen molar-refractivity contribution >= 4 is 38.4 Å². The number of fused-ring (bicyclic) bond motifs is 6. The molecule has 0 aliphatic carbocycles. The predicted molar refractivity (Wildman–Crippen MR) is 135 cm³/mol. The standard InChI is InChI=1S/C30H20N2/c1-2-12-24(13-3-1)31-27-16-8-9-17-28(27)32-26-15-7-6-14-25(26)29(30(31)32)23-19-18-21-10-4-5-11-22(21)20-23/h1-20H. The quantitative estimate of drug-likeness (QED) is 0.275. The van der Waals surface area contributed by atoms with Crippen LogP contribution in [-0.4, -0.2) is 8.97 Å². The minimum absolute atomic E-state index is 1.17. The van der Waals surface area contributed by atoms with Crippen molar-refractivity contribution in [1.29, 1.82) is 0 Å². The van der Waals surface area contributed by atoms with Gasteiger partial charge in [-0.25, -0.2) is 0 Å². The second-order valence-electron chi connectivity index (χ2n) is 8.27. The van der Waals surface area contributed by atoms with E-state index in [1.807, 2.05) is 0 Å². The molecule has 2 nitrogen and oxygen atoms in total. The molecule has 150 valence electrons. The van der Waals surface area contributed by atoms with E-state index in [1.165, 1.54) is 55.2 Å². The zero-order chi connectivity index (χ0) is 21.1. The third-order valence-corrected chi connectivity index (χ3v) is 6.48. The number of nitrogens with zero attached hydrogens (tertiary/aromatic N) is 2. The average molecular weight is 409 g/mol. The van der Waals surface area contributed by atoms with Crippen LogP contribution in [0.25, 0.3) is 55.2 Å². The van der Waals surface area contributed by atoms with Crippen molar-refractivity contribution in [3.63, 3.8) is 0 Å². The molecule has 0 unspecified atom stereocenters. The van der Waals surface area contributed by atoms with Crippen LogP contribution in [0.3, 0.4) is 0 Å². The lowest BCUT2D eigenvalue weighted by atomic mass is 10.00. The normalized spacial score (nSPS) is 11.8. The van der Waals surface area contributed by atoms with Crippen LogP contribution >= 0.6 is 0 Å². The highest BCUT2D eigenvalue weighted by molar-refractivity contribution is 6.10. The third-order valence-electron chi connectivity index (χ3n) is 6.48. The lowest BCUT2D eigenvalue weighted by molar-refractivity contribution is 1.15. The third kappa shape index (κ3) is 2.35. The molecule has 0 fully saturated rings. The number of hydrogen-bond donors (Lipinski definition) is 0. The van der Waals surface area contributed by atoms with Gasteiger partial charge < -0.3 is 0 Å². The zero-order valence-electron chi connectivity index (χ0n) is 17.4. The first-order chi connectivity index (χ1) is 15.9. The minimum atomic E-state index is 1.17. The summed E-state index contributed by atoms with van der Waals surface area (Å²) in [5, 5.41) is 3.80. The Morgan fingerprint density at radius 3 is 1.97 bits per heavy atom. The van der Waals surface area contributed by atoms with Gasteiger partial charge in [0, 0.05) is 16.6 Å². The molecule has 0 aliphatic heterocycles. The predicted octanol–water partition coefficient (Wildman–Crippen LogP) is 7.86.